The molecule has 1 aliphatic rings. The predicted octanol–water partition coefficient (Wildman–Crippen LogP) is 3.96. The molecule has 9 nitrogen and oxygen atoms in total. The van der Waals surface area contributed by atoms with E-state index in [0.717, 1.165) is 23.5 Å². The van der Waals surface area contributed by atoms with Crippen LogP contribution in [0.5, 0.6) is 5.75 Å². The van der Waals surface area contributed by atoms with Crippen LogP contribution < -0.4 is 20.7 Å². The minimum Gasteiger partial charge on any atom is -0.497 e. The van der Waals surface area contributed by atoms with Gasteiger partial charge in [0.2, 0.25) is 5.91 Å². The molecule has 1 atom stereocenters. The molecule has 37 heavy (non-hydrogen) atoms. The molecule has 4 rings (SSSR count). The lowest BCUT2D eigenvalue weighted by atomic mass is 9.85. The highest BCUT2D eigenvalue weighted by molar-refractivity contribution is 5.97. The monoisotopic (exact) mass is 504 g/mol. The van der Waals surface area contributed by atoms with Crippen LogP contribution in [0.3, 0.4) is 0 Å². The molecule has 1 aliphatic carbocycles. The van der Waals surface area contributed by atoms with Gasteiger partial charge in [0, 0.05) is 24.3 Å². The summed E-state index contributed by atoms with van der Waals surface area (Å²) in [5.74, 6) is 1.01. The zero-order valence-electron chi connectivity index (χ0n) is 21.4. The summed E-state index contributed by atoms with van der Waals surface area (Å²) in [7, 11) is 1.63. The van der Waals surface area contributed by atoms with Crippen molar-refractivity contribution in [3.8, 4) is 11.4 Å². The maximum atomic E-state index is 13.1. The van der Waals surface area contributed by atoms with E-state index < -0.39 is 6.04 Å². The van der Waals surface area contributed by atoms with Crippen LogP contribution in [0.4, 0.5) is 5.69 Å². The van der Waals surface area contributed by atoms with Crippen LogP contribution in [0, 0.1) is 5.92 Å². The molecule has 1 saturated carbocycles. The number of amides is 2. The molecular weight excluding hydrogens is 468 g/mol. The van der Waals surface area contributed by atoms with Gasteiger partial charge in [-0.1, -0.05) is 32.1 Å². The molecule has 0 spiro atoms. The van der Waals surface area contributed by atoms with Gasteiger partial charge >= 0.3 is 0 Å². The van der Waals surface area contributed by atoms with Gasteiger partial charge in [0.1, 0.15) is 24.4 Å². The van der Waals surface area contributed by atoms with Gasteiger partial charge in [-0.15, -0.1) is 0 Å². The highest BCUT2D eigenvalue weighted by atomic mass is 16.5. The summed E-state index contributed by atoms with van der Waals surface area (Å²) in [6, 6.07) is 14.2. The number of carbonyl (C=O) groups excluding carboxylic acids is 2. The van der Waals surface area contributed by atoms with Gasteiger partial charge in [0.25, 0.3) is 5.91 Å². The minimum absolute atomic E-state index is 0.153. The maximum absolute atomic E-state index is 13.1. The molecule has 2 aromatic carbocycles. The number of rotatable bonds is 12. The van der Waals surface area contributed by atoms with Crippen molar-refractivity contribution in [2.45, 2.75) is 51.0 Å². The first-order valence-electron chi connectivity index (χ1n) is 13.0. The van der Waals surface area contributed by atoms with Crippen LogP contribution in [-0.2, 0) is 4.79 Å². The van der Waals surface area contributed by atoms with Crippen molar-refractivity contribution in [1.82, 2.24) is 25.4 Å². The molecule has 2 amide bonds. The van der Waals surface area contributed by atoms with Crippen molar-refractivity contribution in [1.29, 1.82) is 0 Å². The van der Waals surface area contributed by atoms with E-state index in [2.05, 4.69) is 26.0 Å². The summed E-state index contributed by atoms with van der Waals surface area (Å²) in [4.78, 5) is 30.1. The van der Waals surface area contributed by atoms with Crippen LogP contribution in [-0.4, -0.2) is 52.8 Å². The molecule has 3 aromatic rings. The quantitative estimate of drug-likeness (QED) is 0.322. The highest BCUT2D eigenvalue weighted by Crippen LogP contribution is 2.27. The number of benzene rings is 2. The van der Waals surface area contributed by atoms with E-state index >= 15 is 0 Å². The van der Waals surface area contributed by atoms with Gasteiger partial charge in [-0.3, -0.25) is 9.59 Å². The Labute approximate surface area is 218 Å². The smallest absolute Gasteiger partial charge is 0.251 e. The van der Waals surface area contributed by atoms with Crippen LogP contribution in [0.15, 0.2) is 61.2 Å². The number of ether oxygens (including phenoxy) is 1. The van der Waals surface area contributed by atoms with Gasteiger partial charge in [0.05, 0.1) is 12.8 Å². The number of hydrogen-bond acceptors (Lipinski definition) is 6. The SMILES string of the molecule is COc1ccc(NCCNC(=O)[C@H](CCC2CCCCC2)NC(=O)c2ccc(-n3cncn3)cc2)cc1. The van der Waals surface area contributed by atoms with Crippen molar-refractivity contribution in [2.24, 2.45) is 5.92 Å². The fourth-order valence-electron chi connectivity index (χ4n) is 4.72. The molecule has 0 unspecified atom stereocenters. The van der Waals surface area contributed by atoms with Gasteiger partial charge in [-0.2, -0.15) is 5.10 Å². The average Bonchev–Trinajstić information content (AvgIpc) is 3.49. The Balaban J connectivity index is 1.32. The second-order valence-electron chi connectivity index (χ2n) is 9.44. The first-order valence-corrected chi connectivity index (χ1v) is 13.0. The Bertz CT molecular complexity index is 1110. The number of nitrogens with one attached hydrogen (secondary N) is 3. The molecule has 1 heterocycles. The molecule has 0 saturated heterocycles. The Kier molecular flexibility index (Phi) is 9.51. The molecule has 0 aliphatic heterocycles. The van der Waals surface area contributed by atoms with Crippen molar-refractivity contribution < 1.29 is 14.3 Å². The van der Waals surface area contributed by atoms with Crippen molar-refractivity contribution in [3.05, 3.63) is 66.7 Å². The molecule has 1 fully saturated rings. The van der Waals surface area contributed by atoms with E-state index in [0.29, 0.717) is 31.0 Å². The standard InChI is InChI=1S/C28H36N6O3/c1-37-25-14-10-23(11-15-25)30-17-18-31-28(36)26(16-7-21-5-3-2-4-6-21)33-27(35)22-8-12-24(13-9-22)34-20-29-19-32-34/h8-15,19-21,26,30H,2-7,16-18H2,1H3,(H,31,36)(H,33,35)/t26-/m0/s1. The molecule has 196 valence electrons. The van der Waals surface area contributed by atoms with E-state index in [4.69, 9.17) is 4.74 Å². The lowest BCUT2D eigenvalue weighted by Gasteiger charge is -2.24. The minimum atomic E-state index is -0.578. The summed E-state index contributed by atoms with van der Waals surface area (Å²) < 4.78 is 6.81. The van der Waals surface area contributed by atoms with Crippen molar-refractivity contribution >= 4 is 17.5 Å². The van der Waals surface area contributed by atoms with E-state index in [1.54, 1.807) is 30.3 Å². The Morgan fingerprint density at radius 1 is 1.03 bits per heavy atom. The third kappa shape index (κ3) is 7.80. The first-order chi connectivity index (χ1) is 18.1. The molecule has 0 radical (unpaired) electrons. The summed E-state index contributed by atoms with van der Waals surface area (Å²) in [5, 5.41) is 13.4. The molecular formula is C28H36N6O3. The van der Waals surface area contributed by atoms with Gasteiger partial charge < -0.3 is 20.7 Å². The normalized spacial score (nSPS) is 14.5. The molecule has 0 bridgehead atoms. The molecule has 9 heteroatoms. The number of carbonyl (C=O) groups is 2. The second kappa shape index (κ2) is 13.4. The third-order valence-corrected chi connectivity index (χ3v) is 6.87. The first kappa shape index (κ1) is 26.2. The van der Waals surface area contributed by atoms with Gasteiger partial charge in [0.15, 0.2) is 0 Å². The number of aromatic nitrogens is 3. The third-order valence-electron chi connectivity index (χ3n) is 6.87. The van der Waals surface area contributed by atoms with E-state index in [-0.39, 0.29) is 11.8 Å². The summed E-state index contributed by atoms with van der Waals surface area (Å²) >= 11 is 0. The fraction of sp³-hybridized carbons (Fsp3) is 0.429. The second-order valence-corrected chi connectivity index (χ2v) is 9.44. The molecule has 1 aromatic heterocycles. The fourth-order valence-corrected chi connectivity index (χ4v) is 4.72. The van der Waals surface area contributed by atoms with Crippen LogP contribution >= 0.6 is 0 Å². The van der Waals surface area contributed by atoms with E-state index in [1.165, 1.54) is 38.4 Å². The summed E-state index contributed by atoms with van der Waals surface area (Å²) in [5.41, 5.74) is 2.26. The van der Waals surface area contributed by atoms with Crippen molar-refractivity contribution in [2.75, 3.05) is 25.5 Å². The highest BCUT2D eigenvalue weighted by Gasteiger charge is 2.23. The van der Waals surface area contributed by atoms with Crippen LogP contribution in [0.2, 0.25) is 0 Å². The number of anilines is 1. The Morgan fingerprint density at radius 2 is 1.78 bits per heavy atom. The van der Waals surface area contributed by atoms with Crippen LogP contribution in [0.25, 0.3) is 5.69 Å². The van der Waals surface area contributed by atoms with Crippen LogP contribution in [0.1, 0.15) is 55.3 Å². The lowest BCUT2D eigenvalue weighted by Crippen LogP contribution is -2.47. The van der Waals surface area contributed by atoms with Gasteiger partial charge in [-0.25, -0.2) is 9.67 Å². The molecule has 3 N–H and O–H groups in total. The van der Waals surface area contributed by atoms with Gasteiger partial charge in [-0.05, 0) is 67.3 Å². The number of nitrogens with zero attached hydrogens (tertiary/aromatic N) is 3. The van der Waals surface area contributed by atoms with E-state index in [9.17, 15) is 9.59 Å². The zero-order chi connectivity index (χ0) is 25.9. The number of methoxy groups -OCH3 is 1. The Morgan fingerprint density at radius 3 is 2.46 bits per heavy atom. The summed E-state index contributed by atoms with van der Waals surface area (Å²) in [6.45, 7) is 1.03. The maximum Gasteiger partial charge on any atom is 0.251 e. The predicted molar refractivity (Wildman–Crippen MR) is 143 cm³/mol. The zero-order valence-corrected chi connectivity index (χ0v) is 21.4. The Hall–Kier alpha value is -3.88. The van der Waals surface area contributed by atoms with E-state index in [1.807, 2.05) is 36.4 Å². The van der Waals surface area contributed by atoms with Crippen molar-refractivity contribution in [3.63, 3.8) is 0 Å². The topological polar surface area (TPSA) is 110 Å². The average molecular weight is 505 g/mol. The largest absolute Gasteiger partial charge is 0.497 e. The lowest BCUT2D eigenvalue weighted by molar-refractivity contribution is -0.123. The number of hydrogen-bond donors (Lipinski definition) is 3. The summed E-state index contributed by atoms with van der Waals surface area (Å²) in [6.07, 6.45) is 10.8.